The molecule has 0 aromatic rings. The SMILES string of the molecule is CC(NC(=O)C(N)CS)C(=O)NC(CO)C(=O)NC(CCCCN)C(=O)O. The molecule has 12 heteroatoms. The molecule has 0 bridgehead atoms. The van der Waals surface area contributed by atoms with Crippen LogP contribution in [0.4, 0.5) is 0 Å². The van der Waals surface area contributed by atoms with E-state index in [1.165, 1.54) is 6.92 Å². The van der Waals surface area contributed by atoms with Crippen molar-refractivity contribution in [3.8, 4) is 0 Å². The van der Waals surface area contributed by atoms with Crippen LogP contribution in [-0.4, -0.2) is 77.0 Å². The maximum absolute atomic E-state index is 12.2. The number of aliphatic hydroxyl groups is 1. The molecular formula is C15H29N5O6S. The van der Waals surface area contributed by atoms with Gasteiger partial charge in [0.15, 0.2) is 0 Å². The first-order valence-electron chi connectivity index (χ1n) is 8.49. The molecular weight excluding hydrogens is 378 g/mol. The number of carbonyl (C=O) groups excluding carboxylic acids is 3. The first kappa shape index (κ1) is 25.1. The fraction of sp³-hybridized carbons (Fsp3) is 0.733. The van der Waals surface area contributed by atoms with Gasteiger partial charge in [0.2, 0.25) is 17.7 Å². The molecule has 0 rings (SSSR count). The molecule has 0 aromatic heterocycles. The lowest BCUT2D eigenvalue weighted by molar-refractivity contribution is -0.142. The molecule has 4 atom stereocenters. The lowest BCUT2D eigenvalue weighted by Crippen LogP contribution is -2.57. The van der Waals surface area contributed by atoms with E-state index in [9.17, 15) is 24.3 Å². The number of amides is 3. The van der Waals surface area contributed by atoms with Gasteiger partial charge in [-0.05, 0) is 32.7 Å². The quantitative estimate of drug-likeness (QED) is 0.116. The normalized spacial score (nSPS) is 15.1. The first-order chi connectivity index (χ1) is 12.7. The second-order valence-electron chi connectivity index (χ2n) is 5.95. The summed E-state index contributed by atoms with van der Waals surface area (Å²) in [6.07, 6.45) is 1.27. The van der Waals surface area contributed by atoms with Crippen molar-refractivity contribution in [2.24, 2.45) is 11.5 Å². The second-order valence-corrected chi connectivity index (χ2v) is 6.31. The van der Waals surface area contributed by atoms with E-state index >= 15 is 0 Å². The Morgan fingerprint density at radius 2 is 1.59 bits per heavy atom. The van der Waals surface area contributed by atoms with Gasteiger partial charge in [-0.15, -0.1) is 0 Å². The van der Waals surface area contributed by atoms with Gasteiger partial charge in [-0.2, -0.15) is 12.6 Å². The van der Waals surface area contributed by atoms with Crippen LogP contribution < -0.4 is 27.4 Å². The van der Waals surface area contributed by atoms with Crippen molar-refractivity contribution < 1.29 is 29.4 Å². The number of hydrogen-bond donors (Lipinski definition) is 8. The number of hydrogen-bond acceptors (Lipinski definition) is 8. The van der Waals surface area contributed by atoms with Crippen LogP contribution in [0, 0.1) is 0 Å². The minimum atomic E-state index is -1.37. The number of nitrogens with two attached hydrogens (primary N) is 2. The fourth-order valence-electron chi connectivity index (χ4n) is 1.98. The Balaban J connectivity index is 4.74. The minimum absolute atomic E-state index is 0.0859. The van der Waals surface area contributed by atoms with Gasteiger partial charge >= 0.3 is 5.97 Å². The Kier molecular flexibility index (Phi) is 12.4. The smallest absolute Gasteiger partial charge is 0.326 e. The van der Waals surface area contributed by atoms with E-state index in [-0.39, 0.29) is 12.2 Å². The summed E-state index contributed by atoms with van der Waals surface area (Å²) in [6, 6.07) is -4.46. The molecule has 0 aromatic carbocycles. The van der Waals surface area contributed by atoms with Crippen molar-refractivity contribution in [1.29, 1.82) is 0 Å². The van der Waals surface area contributed by atoms with Crippen LogP contribution in [0.5, 0.6) is 0 Å². The lowest BCUT2D eigenvalue weighted by atomic mass is 10.1. The molecule has 0 saturated heterocycles. The van der Waals surface area contributed by atoms with Crippen molar-refractivity contribution in [1.82, 2.24) is 16.0 Å². The predicted molar refractivity (Wildman–Crippen MR) is 101 cm³/mol. The van der Waals surface area contributed by atoms with Gasteiger partial charge < -0.3 is 37.6 Å². The number of aliphatic hydroxyl groups excluding tert-OH is 1. The van der Waals surface area contributed by atoms with Crippen LogP contribution in [0.25, 0.3) is 0 Å². The highest BCUT2D eigenvalue weighted by Gasteiger charge is 2.28. The molecule has 27 heavy (non-hydrogen) atoms. The zero-order valence-corrected chi connectivity index (χ0v) is 16.1. The number of unbranched alkanes of at least 4 members (excludes halogenated alkanes) is 1. The third-order valence-corrected chi connectivity index (χ3v) is 4.06. The Labute approximate surface area is 163 Å². The number of rotatable bonds is 13. The summed E-state index contributed by atoms with van der Waals surface area (Å²) in [5.41, 5.74) is 10.8. The molecule has 9 N–H and O–H groups in total. The number of aliphatic carboxylic acids is 1. The number of thiol groups is 1. The molecule has 4 unspecified atom stereocenters. The Morgan fingerprint density at radius 3 is 2.07 bits per heavy atom. The van der Waals surface area contributed by atoms with Crippen LogP contribution in [0.15, 0.2) is 0 Å². The summed E-state index contributed by atoms with van der Waals surface area (Å²) in [4.78, 5) is 47.1. The molecule has 0 aliphatic carbocycles. The number of nitrogens with one attached hydrogen (secondary N) is 3. The molecule has 11 nitrogen and oxygen atoms in total. The highest BCUT2D eigenvalue weighted by Crippen LogP contribution is 2.02. The predicted octanol–water partition coefficient (Wildman–Crippen LogP) is -3.08. The van der Waals surface area contributed by atoms with Gasteiger partial charge in [-0.25, -0.2) is 4.79 Å². The van der Waals surface area contributed by atoms with Crippen LogP contribution in [-0.2, 0) is 19.2 Å². The highest BCUT2D eigenvalue weighted by molar-refractivity contribution is 7.80. The van der Waals surface area contributed by atoms with E-state index < -0.39 is 54.5 Å². The van der Waals surface area contributed by atoms with Gasteiger partial charge in [0.25, 0.3) is 0 Å². The fourth-order valence-corrected chi connectivity index (χ4v) is 2.15. The summed E-state index contributed by atoms with van der Waals surface area (Å²) < 4.78 is 0. The molecule has 0 radical (unpaired) electrons. The molecule has 0 saturated carbocycles. The highest BCUT2D eigenvalue weighted by atomic mass is 32.1. The largest absolute Gasteiger partial charge is 0.480 e. The maximum atomic E-state index is 12.2. The zero-order chi connectivity index (χ0) is 21.0. The molecule has 156 valence electrons. The van der Waals surface area contributed by atoms with E-state index in [0.717, 1.165) is 0 Å². The van der Waals surface area contributed by atoms with E-state index in [0.29, 0.717) is 19.4 Å². The van der Waals surface area contributed by atoms with E-state index in [2.05, 4.69) is 28.6 Å². The van der Waals surface area contributed by atoms with E-state index in [4.69, 9.17) is 16.6 Å². The van der Waals surface area contributed by atoms with Crippen LogP contribution in [0.3, 0.4) is 0 Å². The van der Waals surface area contributed by atoms with E-state index in [1.54, 1.807) is 0 Å². The minimum Gasteiger partial charge on any atom is -0.480 e. The summed E-state index contributed by atoms with van der Waals surface area (Å²) in [7, 11) is 0. The van der Waals surface area contributed by atoms with Crippen LogP contribution in [0.1, 0.15) is 26.2 Å². The maximum Gasteiger partial charge on any atom is 0.326 e. The third-order valence-electron chi connectivity index (χ3n) is 3.66. The summed E-state index contributed by atoms with van der Waals surface area (Å²) in [5.74, 6) is -3.33. The first-order valence-corrected chi connectivity index (χ1v) is 9.12. The van der Waals surface area contributed by atoms with Crippen molar-refractivity contribution in [2.75, 3.05) is 18.9 Å². The Morgan fingerprint density at radius 1 is 1.00 bits per heavy atom. The molecule has 0 heterocycles. The van der Waals surface area contributed by atoms with Crippen molar-refractivity contribution in [2.45, 2.75) is 50.4 Å². The lowest BCUT2D eigenvalue weighted by Gasteiger charge is -2.22. The van der Waals surface area contributed by atoms with Crippen LogP contribution in [0.2, 0.25) is 0 Å². The monoisotopic (exact) mass is 407 g/mol. The molecule has 0 spiro atoms. The average molecular weight is 407 g/mol. The molecule has 0 fully saturated rings. The van der Waals surface area contributed by atoms with Gasteiger partial charge in [0.1, 0.15) is 18.1 Å². The van der Waals surface area contributed by atoms with Crippen molar-refractivity contribution in [3.05, 3.63) is 0 Å². The standard InChI is InChI=1S/C15H29N5O6S/c1-8(18-13(23)9(17)7-27)12(22)20-11(6-21)14(24)19-10(15(25)26)4-2-3-5-16/h8-11,21,27H,2-7,16-17H2,1H3,(H,18,23)(H,19,24)(H,20,22)(H,25,26). The van der Waals surface area contributed by atoms with Gasteiger partial charge in [0, 0.05) is 5.75 Å². The number of carbonyl (C=O) groups is 4. The van der Waals surface area contributed by atoms with Gasteiger partial charge in [-0.1, -0.05) is 0 Å². The number of carboxylic acids is 1. The van der Waals surface area contributed by atoms with Gasteiger partial charge in [0.05, 0.1) is 12.6 Å². The molecule has 0 aliphatic heterocycles. The topological polar surface area (TPSA) is 197 Å². The summed E-state index contributed by atoms with van der Waals surface area (Å²) in [6.45, 7) is 1.03. The zero-order valence-electron chi connectivity index (χ0n) is 15.2. The Bertz CT molecular complexity index is 521. The summed E-state index contributed by atoms with van der Waals surface area (Å²) >= 11 is 3.88. The summed E-state index contributed by atoms with van der Waals surface area (Å²) in [5, 5.41) is 25.4. The second kappa shape index (κ2) is 13.3. The number of carboxylic acid groups (broad SMARTS) is 1. The van der Waals surface area contributed by atoms with Crippen molar-refractivity contribution >= 4 is 36.3 Å². The molecule has 0 aliphatic rings. The van der Waals surface area contributed by atoms with Crippen molar-refractivity contribution in [3.63, 3.8) is 0 Å². The van der Waals surface area contributed by atoms with E-state index in [1.807, 2.05) is 0 Å². The average Bonchev–Trinajstić information content (AvgIpc) is 2.63. The molecule has 3 amide bonds. The Hall–Kier alpha value is -1.89. The van der Waals surface area contributed by atoms with Crippen LogP contribution >= 0.6 is 12.6 Å². The van der Waals surface area contributed by atoms with Gasteiger partial charge in [-0.3, -0.25) is 14.4 Å². The third kappa shape index (κ3) is 9.56.